The van der Waals surface area contributed by atoms with Crippen LogP contribution >= 0.6 is 23.2 Å². The van der Waals surface area contributed by atoms with Gasteiger partial charge in [0.2, 0.25) is 0 Å². The van der Waals surface area contributed by atoms with Crippen molar-refractivity contribution in [2.45, 2.75) is 12.1 Å². The van der Waals surface area contributed by atoms with Gasteiger partial charge in [0.15, 0.2) is 6.10 Å². The average molecular weight is 431 g/mol. The number of hydrogen-bond acceptors (Lipinski definition) is 4. The van der Waals surface area contributed by atoms with E-state index in [1.54, 1.807) is 0 Å². The van der Waals surface area contributed by atoms with E-state index in [2.05, 4.69) is 10.6 Å². The molecule has 0 aromatic heterocycles. The van der Waals surface area contributed by atoms with Gasteiger partial charge in [0.25, 0.3) is 5.91 Å². The van der Waals surface area contributed by atoms with Gasteiger partial charge in [-0.2, -0.15) is 0 Å². The molecule has 0 bridgehead atoms. The smallest absolute Gasteiger partial charge is 0.408 e. The van der Waals surface area contributed by atoms with Crippen LogP contribution in [0.4, 0.5) is 13.6 Å². The fraction of sp³-hybridized carbons (Fsp3) is 0.222. The fourth-order valence-corrected chi connectivity index (χ4v) is 2.86. The summed E-state index contributed by atoms with van der Waals surface area (Å²) in [6, 6.07) is 6.99. The topological polar surface area (TPSA) is 76.7 Å². The number of benzene rings is 2. The number of rotatable bonds is 6. The predicted molar refractivity (Wildman–Crippen MR) is 97.5 cm³/mol. The first-order valence-electron chi connectivity index (χ1n) is 8.11. The molecule has 0 unspecified atom stereocenters. The molecule has 1 heterocycles. The highest BCUT2D eigenvalue weighted by atomic mass is 35.5. The second-order valence-corrected chi connectivity index (χ2v) is 6.71. The molecule has 1 fully saturated rings. The van der Waals surface area contributed by atoms with Crippen molar-refractivity contribution < 1.29 is 27.8 Å². The molecule has 148 valence electrons. The normalized spacial score (nSPS) is 16.9. The van der Waals surface area contributed by atoms with Crippen molar-refractivity contribution >= 4 is 35.2 Å². The van der Waals surface area contributed by atoms with Crippen molar-refractivity contribution in [1.29, 1.82) is 0 Å². The van der Waals surface area contributed by atoms with Gasteiger partial charge in [-0.1, -0.05) is 29.3 Å². The molecule has 2 aromatic rings. The first kappa shape index (κ1) is 20.2. The Morgan fingerprint density at radius 1 is 1.21 bits per heavy atom. The summed E-state index contributed by atoms with van der Waals surface area (Å²) >= 11 is 11.6. The van der Waals surface area contributed by atoms with Crippen LogP contribution in [-0.4, -0.2) is 31.3 Å². The Bertz CT molecular complexity index is 913. The maximum atomic E-state index is 13.5. The first-order valence-corrected chi connectivity index (χ1v) is 8.86. The number of alkyl carbamates (subject to hydrolysis) is 1. The van der Waals surface area contributed by atoms with Crippen LogP contribution in [0, 0.1) is 11.6 Å². The van der Waals surface area contributed by atoms with Crippen molar-refractivity contribution in [2.75, 3.05) is 13.2 Å². The Balaban J connectivity index is 1.76. The van der Waals surface area contributed by atoms with Crippen LogP contribution in [-0.2, 0) is 9.53 Å². The zero-order valence-electron chi connectivity index (χ0n) is 14.2. The van der Waals surface area contributed by atoms with E-state index in [-0.39, 0.29) is 28.9 Å². The SMILES string of the molecule is O=C1NC[C@@H](C(=O)N[C@H](COc2ccc(F)c(Cl)c2)c2ccc(F)c(Cl)c2)O1. The van der Waals surface area contributed by atoms with E-state index in [4.69, 9.17) is 32.7 Å². The summed E-state index contributed by atoms with van der Waals surface area (Å²) in [4.78, 5) is 23.5. The molecule has 2 N–H and O–H groups in total. The molecule has 6 nitrogen and oxygen atoms in total. The van der Waals surface area contributed by atoms with E-state index in [0.717, 1.165) is 12.1 Å². The number of carbonyl (C=O) groups is 2. The minimum absolute atomic E-state index is 0.0238. The lowest BCUT2D eigenvalue weighted by Gasteiger charge is -2.21. The Kier molecular flexibility index (Phi) is 6.21. The number of hydrogen-bond donors (Lipinski definition) is 2. The van der Waals surface area contributed by atoms with Gasteiger partial charge in [-0.05, 0) is 29.8 Å². The molecular formula is C18H14Cl2F2N2O4. The van der Waals surface area contributed by atoms with Crippen LogP contribution in [0.2, 0.25) is 10.0 Å². The van der Waals surface area contributed by atoms with E-state index in [1.165, 1.54) is 24.3 Å². The van der Waals surface area contributed by atoms with Gasteiger partial charge in [-0.3, -0.25) is 4.79 Å². The van der Waals surface area contributed by atoms with Gasteiger partial charge in [-0.15, -0.1) is 0 Å². The van der Waals surface area contributed by atoms with E-state index in [0.29, 0.717) is 5.56 Å². The Morgan fingerprint density at radius 3 is 2.50 bits per heavy atom. The summed E-state index contributed by atoms with van der Waals surface area (Å²) in [6.07, 6.45) is -1.70. The Morgan fingerprint density at radius 2 is 1.89 bits per heavy atom. The minimum Gasteiger partial charge on any atom is -0.491 e. The monoisotopic (exact) mass is 430 g/mol. The van der Waals surface area contributed by atoms with Gasteiger partial charge in [0, 0.05) is 6.07 Å². The summed E-state index contributed by atoms with van der Waals surface area (Å²) < 4.78 is 37.2. The molecule has 1 saturated heterocycles. The lowest BCUT2D eigenvalue weighted by Crippen LogP contribution is -2.41. The highest BCUT2D eigenvalue weighted by Gasteiger charge is 2.31. The molecule has 0 radical (unpaired) electrons. The van der Waals surface area contributed by atoms with E-state index < -0.39 is 35.8 Å². The highest BCUT2D eigenvalue weighted by molar-refractivity contribution is 6.31. The maximum Gasteiger partial charge on any atom is 0.408 e. The molecule has 2 amide bonds. The Hall–Kier alpha value is -2.58. The molecule has 1 aliphatic heterocycles. The highest BCUT2D eigenvalue weighted by Crippen LogP contribution is 2.25. The average Bonchev–Trinajstić information content (AvgIpc) is 3.10. The molecule has 2 atom stereocenters. The number of nitrogens with one attached hydrogen (secondary N) is 2. The van der Waals surface area contributed by atoms with Crippen molar-refractivity contribution in [1.82, 2.24) is 10.6 Å². The maximum absolute atomic E-state index is 13.5. The lowest BCUT2D eigenvalue weighted by molar-refractivity contribution is -0.128. The van der Waals surface area contributed by atoms with Crippen molar-refractivity contribution in [3.63, 3.8) is 0 Å². The zero-order chi connectivity index (χ0) is 20.3. The predicted octanol–water partition coefficient (Wildman–Crippen LogP) is 3.62. The molecule has 0 spiro atoms. The number of ether oxygens (including phenoxy) is 2. The van der Waals surface area contributed by atoms with E-state index in [9.17, 15) is 18.4 Å². The van der Waals surface area contributed by atoms with Gasteiger partial charge in [0.05, 0.1) is 22.6 Å². The van der Waals surface area contributed by atoms with Gasteiger partial charge >= 0.3 is 6.09 Å². The largest absolute Gasteiger partial charge is 0.491 e. The van der Waals surface area contributed by atoms with Gasteiger partial charge in [0.1, 0.15) is 24.0 Å². The van der Waals surface area contributed by atoms with Crippen LogP contribution in [0.3, 0.4) is 0 Å². The third kappa shape index (κ3) is 4.82. The van der Waals surface area contributed by atoms with Crippen LogP contribution in [0.1, 0.15) is 11.6 Å². The van der Waals surface area contributed by atoms with Gasteiger partial charge in [-0.25, -0.2) is 13.6 Å². The van der Waals surface area contributed by atoms with Crippen molar-refractivity contribution in [3.05, 3.63) is 63.6 Å². The summed E-state index contributed by atoms with van der Waals surface area (Å²) in [7, 11) is 0. The molecular weight excluding hydrogens is 417 g/mol. The molecule has 3 rings (SSSR count). The van der Waals surface area contributed by atoms with Crippen LogP contribution in [0.25, 0.3) is 0 Å². The minimum atomic E-state index is -1.01. The zero-order valence-corrected chi connectivity index (χ0v) is 15.7. The Labute approximate surface area is 168 Å². The second-order valence-electron chi connectivity index (χ2n) is 5.90. The molecule has 2 aromatic carbocycles. The summed E-state index contributed by atoms with van der Waals surface area (Å²) in [5, 5.41) is 4.80. The summed E-state index contributed by atoms with van der Waals surface area (Å²) in [5.41, 5.74) is 0.463. The second kappa shape index (κ2) is 8.62. The van der Waals surface area contributed by atoms with Crippen LogP contribution < -0.4 is 15.4 Å². The van der Waals surface area contributed by atoms with Gasteiger partial charge < -0.3 is 20.1 Å². The number of amides is 2. The summed E-state index contributed by atoms with van der Waals surface area (Å²) in [6.45, 7) is -0.0697. The standard InChI is InChI=1S/C18H14Cl2F2N2O4/c19-11-5-9(1-3-13(11)21)15(24-17(25)16-7-23-18(26)28-16)8-27-10-2-4-14(22)12(20)6-10/h1-6,15-16H,7-8H2,(H,23,26)(H,24,25)/t15-,16+/m1/s1. The molecule has 0 aliphatic carbocycles. The summed E-state index contributed by atoms with van der Waals surface area (Å²) in [5.74, 6) is -1.51. The van der Waals surface area contributed by atoms with Crippen LogP contribution in [0.5, 0.6) is 5.75 Å². The van der Waals surface area contributed by atoms with E-state index in [1.807, 2.05) is 0 Å². The first-order chi connectivity index (χ1) is 13.3. The molecule has 10 heteroatoms. The number of carbonyl (C=O) groups excluding carboxylic acids is 2. The fourth-order valence-electron chi connectivity index (χ4n) is 2.50. The quantitative estimate of drug-likeness (QED) is 0.733. The third-order valence-electron chi connectivity index (χ3n) is 3.94. The number of cyclic esters (lactones) is 1. The molecule has 1 aliphatic rings. The number of halogens is 4. The van der Waals surface area contributed by atoms with Crippen LogP contribution in [0.15, 0.2) is 36.4 Å². The lowest BCUT2D eigenvalue weighted by atomic mass is 10.1. The molecule has 28 heavy (non-hydrogen) atoms. The van der Waals surface area contributed by atoms with Crippen molar-refractivity contribution in [3.8, 4) is 5.75 Å². The van der Waals surface area contributed by atoms with E-state index >= 15 is 0 Å². The van der Waals surface area contributed by atoms with Crippen molar-refractivity contribution in [2.24, 2.45) is 0 Å². The molecule has 0 saturated carbocycles. The third-order valence-corrected chi connectivity index (χ3v) is 4.52.